The second-order valence-corrected chi connectivity index (χ2v) is 7.46. The molecule has 2 rings (SSSR count). The zero-order chi connectivity index (χ0) is 17.0. The van der Waals surface area contributed by atoms with Crippen molar-refractivity contribution >= 4 is 15.9 Å². The molecule has 0 aliphatic heterocycles. The summed E-state index contributed by atoms with van der Waals surface area (Å²) in [5.41, 5.74) is 1.37. The van der Waals surface area contributed by atoms with Gasteiger partial charge in [-0.1, -0.05) is 0 Å². The van der Waals surface area contributed by atoms with E-state index in [0.29, 0.717) is 18.5 Å². The van der Waals surface area contributed by atoms with Crippen LogP contribution in [0.4, 0.5) is 0 Å². The molecule has 0 saturated heterocycles. The maximum absolute atomic E-state index is 12.0. The molecule has 124 valence electrons. The molecule has 1 amide bonds. The van der Waals surface area contributed by atoms with Crippen LogP contribution in [0.1, 0.15) is 21.9 Å². The Morgan fingerprint density at radius 1 is 1.26 bits per heavy atom. The van der Waals surface area contributed by atoms with Gasteiger partial charge in [-0.3, -0.25) is 4.79 Å². The lowest BCUT2D eigenvalue weighted by molar-refractivity contribution is 0.0954. The van der Waals surface area contributed by atoms with Crippen LogP contribution in [0, 0.1) is 6.92 Å². The third-order valence-corrected chi connectivity index (χ3v) is 5.16. The zero-order valence-electron chi connectivity index (χ0n) is 13.3. The number of imidazole rings is 1. The molecular weight excluding hydrogens is 316 g/mol. The highest BCUT2D eigenvalue weighted by molar-refractivity contribution is 7.89. The van der Waals surface area contributed by atoms with Gasteiger partial charge in [-0.15, -0.1) is 0 Å². The Kier molecular flexibility index (Phi) is 5.17. The molecule has 23 heavy (non-hydrogen) atoms. The van der Waals surface area contributed by atoms with Gasteiger partial charge in [0.05, 0.1) is 4.90 Å². The van der Waals surface area contributed by atoms with Crippen LogP contribution in [0.25, 0.3) is 0 Å². The monoisotopic (exact) mass is 336 g/mol. The van der Waals surface area contributed by atoms with Gasteiger partial charge in [0.15, 0.2) is 0 Å². The number of nitrogens with one attached hydrogen (secondary N) is 2. The van der Waals surface area contributed by atoms with Gasteiger partial charge >= 0.3 is 0 Å². The predicted molar refractivity (Wildman–Crippen MR) is 86.7 cm³/mol. The van der Waals surface area contributed by atoms with E-state index >= 15 is 0 Å². The number of hydrogen-bond donors (Lipinski definition) is 2. The Balaban J connectivity index is 1.95. The summed E-state index contributed by atoms with van der Waals surface area (Å²) >= 11 is 0. The summed E-state index contributed by atoms with van der Waals surface area (Å²) in [7, 11) is -0.549. The molecule has 0 fully saturated rings. The summed E-state index contributed by atoms with van der Waals surface area (Å²) in [4.78, 5) is 19.4. The summed E-state index contributed by atoms with van der Waals surface area (Å²) in [5, 5.41) is 2.79. The lowest BCUT2D eigenvalue weighted by atomic mass is 10.2. The zero-order valence-corrected chi connectivity index (χ0v) is 14.1. The fourth-order valence-corrected chi connectivity index (χ4v) is 2.90. The molecular formula is C15H20N4O3S. The number of nitrogens with zero attached hydrogens (tertiary/aromatic N) is 2. The second kappa shape index (κ2) is 6.93. The molecule has 1 aromatic carbocycles. The Morgan fingerprint density at radius 2 is 1.91 bits per heavy atom. The number of carbonyl (C=O) groups is 1. The number of benzene rings is 1. The lowest BCUT2D eigenvalue weighted by Gasteiger charge is -2.11. The molecule has 0 aliphatic rings. The number of carbonyl (C=O) groups excluding carboxylic acids is 1. The maximum Gasteiger partial charge on any atom is 0.251 e. The van der Waals surface area contributed by atoms with Crippen LogP contribution >= 0.6 is 0 Å². The molecule has 0 radical (unpaired) electrons. The SMILES string of the molecule is Cc1ncc(CCNC(=O)c2ccc(S(=O)(=O)N(C)C)cc2)[nH]1. The van der Waals surface area contributed by atoms with Crippen LogP contribution in [0.2, 0.25) is 0 Å². The van der Waals surface area contributed by atoms with Crippen LogP contribution in [-0.2, 0) is 16.4 Å². The Bertz CT molecular complexity index is 779. The van der Waals surface area contributed by atoms with Crippen molar-refractivity contribution in [2.45, 2.75) is 18.2 Å². The molecule has 2 N–H and O–H groups in total. The first-order valence-electron chi connectivity index (χ1n) is 7.12. The van der Waals surface area contributed by atoms with E-state index in [2.05, 4.69) is 15.3 Å². The standard InChI is InChI=1S/C15H20N4O3S/c1-11-17-10-13(18-11)8-9-16-15(20)12-4-6-14(7-5-12)23(21,22)19(2)3/h4-7,10H,8-9H2,1-3H3,(H,16,20)(H,17,18). The van der Waals surface area contributed by atoms with Crippen molar-refractivity contribution in [3.8, 4) is 0 Å². The van der Waals surface area contributed by atoms with Crippen LogP contribution in [0.15, 0.2) is 35.4 Å². The van der Waals surface area contributed by atoms with Gasteiger partial charge in [-0.2, -0.15) is 0 Å². The third-order valence-electron chi connectivity index (χ3n) is 3.33. The van der Waals surface area contributed by atoms with Crippen molar-refractivity contribution in [2.75, 3.05) is 20.6 Å². The van der Waals surface area contributed by atoms with E-state index in [4.69, 9.17) is 0 Å². The number of rotatable bonds is 6. The summed E-state index contributed by atoms with van der Waals surface area (Å²) in [5.74, 6) is 0.596. The van der Waals surface area contributed by atoms with Crippen LogP contribution in [0.5, 0.6) is 0 Å². The van der Waals surface area contributed by atoms with Crippen molar-refractivity contribution < 1.29 is 13.2 Å². The highest BCUT2D eigenvalue weighted by atomic mass is 32.2. The second-order valence-electron chi connectivity index (χ2n) is 5.31. The molecule has 8 heteroatoms. The van der Waals surface area contributed by atoms with Crippen molar-refractivity contribution in [2.24, 2.45) is 0 Å². The number of aryl methyl sites for hydroxylation is 1. The van der Waals surface area contributed by atoms with Gasteiger partial charge in [0.25, 0.3) is 5.91 Å². The first-order chi connectivity index (χ1) is 10.8. The molecule has 0 saturated carbocycles. The number of hydrogen-bond acceptors (Lipinski definition) is 4. The van der Waals surface area contributed by atoms with E-state index in [1.807, 2.05) is 6.92 Å². The number of amides is 1. The number of aromatic nitrogens is 2. The summed E-state index contributed by atoms with van der Waals surface area (Å²) in [6, 6.07) is 5.88. The van der Waals surface area contributed by atoms with Crippen LogP contribution in [0.3, 0.4) is 0 Å². The Hall–Kier alpha value is -2.19. The van der Waals surface area contributed by atoms with E-state index in [0.717, 1.165) is 15.8 Å². The maximum atomic E-state index is 12.0. The molecule has 0 aliphatic carbocycles. The van der Waals surface area contributed by atoms with Gasteiger partial charge in [-0.05, 0) is 31.2 Å². The molecule has 0 spiro atoms. The first kappa shape index (κ1) is 17.2. The smallest absolute Gasteiger partial charge is 0.251 e. The minimum absolute atomic E-state index is 0.159. The first-order valence-corrected chi connectivity index (χ1v) is 8.56. The van der Waals surface area contributed by atoms with E-state index < -0.39 is 10.0 Å². The molecule has 2 aromatic rings. The largest absolute Gasteiger partial charge is 0.352 e. The molecule has 0 bridgehead atoms. The van der Waals surface area contributed by atoms with Crippen molar-refractivity contribution in [1.82, 2.24) is 19.6 Å². The number of aromatic amines is 1. The lowest BCUT2D eigenvalue weighted by Crippen LogP contribution is -2.26. The van der Waals surface area contributed by atoms with Gasteiger partial charge in [0.2, 0.25) is 10.0 Å². The average Bonchev–Trinajstić information content (AvgIpc) is 2.92. The predicted octanol–water partition coefficient (Wildman–Crippen LogP) is 0.941. The summed E-state index contributed by atoms with van der Waals surface area (Å²) in [6.45, 7) is 2.34. The molecule has 1 aromatic heterocycles. The van der Waals surface area contributed by atoms with Crippen molar-refractivity contribution in [1.29, 1.82) is 0 Å². The fourth-order valence-electron chi connectivity index (χ4n) is 2.00. The van der Waals surface area contributed by atoms with E-state index in [1.54, 1.807) is 6.20 Å². The van der Waals surface area contributed by atoms with Gasteiger partial charge in [0.1, 0.15) is 5.82 Å². The van der Waals surface area contributed by atoms with Crippen LogP contribution in [-0.4, -0.2) is 49.2 Å². The van der Waals surface area contributed by atoms with E-state index in [1.165, 1.54) is 38.4 Å². The van der Waals surface area contributed by atoms with Gasteiger partial charge in [-0.25, -0.2) is 17.7 Å². The minimum Gasteiger partial charge on any atom is -0.352 e. The number of H-pyrrole nitrogens is 1. The molecule has 1 heterocycles. The molecule has 0 unspecified atom stereocenters. The van der Waals surface area contributed by atoms with Crippen molar-refractivity contribution in [3.05, 3.63) is 47.5 Å². The number of sulfonamides is 1. The highest BCUT2D eigenvalue weighted by Crippen LogP contribution is 2.13. The van der Waals surface area contributed by atoms with E-state index in [9.17, 15) is 13.2 Å². The third kappa shape index (κ3) is 4.17. The topological polar surface area (TPSA) is 95.2 Å². The normalized spacial score (nSPS) is 11.7. The summed E-state index contributed by atoms with van der Waals surface area (Å²) in [6.07, 6.45) is 2.39. The minimum atomic E-state index is -3.48. The van der Waals surface area contributed by atoms with Crippen molar-refractivity contribution in [3.63, 3.8) is 0 Å². The molecule has 7 nitrogen and oxygen atoms in total. The quantitative estimate of drug-likeness (QED) is 0.821. The fraction of sp³-hybridized carbons (Fsp3) is 0.333. The summed E-state index contributed by atoms with van der Waals surface area (Å²) < 4.78 is 25.1. The highest BCUT2D eigenvalue weighted by Gasteiger charge is 2.17. The Morgan fingerprint density at radius 3 is 2.43 bits per heavy atom. The van der Waals surface area contributed by atoms with Gasteiger partial charge in [0, 0.05) is 44.5 Å². The molecule has 0 atom stereocenters. The van der Waals surface area contributed by atoms with E-state index in [-0.39, 0.29) is 10.8 Å². The Labute approximate surface area is 135 Å². The average molecular weight is 336 g/mol. The van der Waals surface area contributed by atoms with Crippen LogP contribution < -0.4 is 5.32 Å². The van der Waals surface area contributed by atoms with Gasteiger partial charge < -0.3 is 10.3 Å².